The van der Waals surface area contributed by atoms with E-state index < -0.39 is 0 Å². The van der Waals surface area contributed by atoms with Crippen LogP contribution in [-0.4, -0.2) is 38.9 Å². The standard InChI is InChI=1S/C19H24N4O/c1-14-6-8-16(9-7-14)11-15(2)19(24)23-10-4-5-17(12-23)18-13-22(3)21-20-18/h6-9,11,13,17H,4-5,10,12H2,1-3H3/b15-11+. The molecule has 0 bridgehead atoms. The number of aryl methyl sites for hydroxylation is 2. The van der Waals surface area contributed by atoms with E-state index in [0.717, 1.165) is 42.8 Å². The number of nitrogens with zero attached hydrogens (tertiary/aromatic N) is 4. The van der Waals surface area contributed by atoms with Crippen molar-refractivity contribution in [3.8, 4) is 0 Å². The molecule has 3 rings (SSSR count). The van der Waals surface area contributed by atoms with Crippen molar-refractivity contribution in [1.82, 2.24) is 19.9 Å². The van der Waals surface area contributed by atoms with Crippen LogP contribution in [0.5, 0.6) is 0 Å². The van der Waals surface area contributed by atoms with Crippen LogP contribution in [0.25, 0.3) is 6.08 Å². The summed E-state index contributed by atoms with van der Waals surface area (Å²) in [5.74, 6) is 0.396. The summed E-state index contributed by atoms with van der Waals surface area (Å²) in [5.41, 5.74) is 4.04. The maximum Gasteiger partial charge on any atom is 0.249 e. The van der Waals surface area contributed by atoms with E-state index in [1.165, 1.54) is 5.56 Å². The highest BCUT2D eigenvalue weighted by molar-refractivity contribution is 5.97. The Hall–Kier alpha value is -2.43. The maximum absolute atomic E-state index is 12.8. The van der Waals surface area contributed by atoms with Gasteiger partial charge in [0.05, 0.1) is 5.69 Å². The largest absolute Gasteiger partial charge is 0.338 e. The topological polar surface area (TPSA) is 51.0 Å². The number of hydrogen-bond acceptors (Lipinski definition) is 3. The van der Waals surface area contributed by atoms with Gasteiger partial charge in [0.1, 0.15) is 0 Å². The molecule has 1 amide bonds. The van der Waals surface area contributed by atoms with E-state index in [1.54, 1.807) is 4.68 Å². The summed E-state index contributed by atoms with van der Waals surface area (Å²) in [7, 11) is 1.87. The summed E-state index contributed by atoms with van der Waals surface area (Å²) in [6, 6.07) is 8.22. The van der Waals surface area contributed by atoms with Crippen molar-refractivity contribution in [2.24, 2.45) is 7.05 Å². The third-order valence-corrected chi connectivity index (χ3v) is 4.55. The van der Waals surface area contributed by atoms with Crippen molar-refractivity contribution in [3.05, 3.63) is 52.9 Å². The first kappa shape index (κ1) is 16.4. The Labute approximate surface area is 143 Å². The lowest BCUT2D eigenvalue weighted by Gasteiger charge is -2.32. The van der Waals surface area contributed by atoms with Crippen LogP contribution in [0.4, 0.5) is 0 Å². The number of aromatic nitrogens is 3. The van der Waals surface area contributed by atoms with Gasteiger partial charge < -0.3 is 4.90 Å². The summed E-state index contributed by atoms with van der Waals surface area (Å²) in [6.07, 6.45) is 5.98. The molecule has 126 valence electrons. The van der Waals surface area contributed by atoms with E-state index in [2.05, 4.69) is 29.4 Å². The quantitative estimate of drug-likeness (QED) is 0.816. The van der Waals surface area contributed by atoms with Crippen LogP contribution < -0.4 is 0 Å². The van der Waals surface area contributed by atoms with Crippen LogP contribution >= 0.6 is 0 Å². The molecular formula is C19H24N4O. The van der Waals surface area contributed by atoms with Crippen molar-refractivity contribution < 1.29 is 4.79 Å². The van der Waals surface area contributed by atoms with Crippen LogP contribution in [0.2, 0.25) is 0 Å². The van der Waals surface area contributed by atoms with Crippen molar-refractivity contribution in [2.75, 3.05) is 13.1 Å². The molecule has 1 aliphatic heterocycles. The van der Waals surface area contributed by atoms with Crippen LogP contribution in [0.15, 0.2) is 36.0 Å². The third kappa shape index (κ3) is 3.72. The Morgan fingerprint density at radius 1 is 1.29 bits per heavy atom. The van der Waals surface area contributed by atoms with Gasteiger partial charge in [-0.2, -0.15) is 0 Å². The molecule has 1 aromatic carbocycles. The smallest absolute Gasteiger partial charge is 0.249 e. The molecule has 0 aliphatic carbocycles. The Morgan fingerprint density at radius 2 is 2.04 bits per heavy atom. The summed E-state index contributed by atoms with van der Waals surface area (Å²) in [4.78, 5) is 14.7. The molecule has 0 radical (unpaired) electrons. The third-order valence-electron chi connectivity index (χ3n) is 4.55. The SMILES string of the molecule is C/C(=C\c1ccc(C)cc1)C(=O)N1CCCC(c2cn(C)nn2)C1. The van der Waals surface area contributed by atoms with Crippen molar-refractivity contribution in [3.63, 3.8) is 0 Å². The fourth-order valence-electron chi connectivity index (χ4n) is 3.18. The zero-order valence-corrected chi connectivity index (χ0v) is 14.6. The van der Waals surface area contributed by atoms with Gasteiger partial charge in [-0.25, -0.2) is 0 Å². The number of carbonyl (C=O) groups excluding carboxylic acids is 1. The van der Waals surface area contributed by atoms with Crippen molar-refractivity contribution in [2.45, 2.75) is 32.6 Å². The molecule has 2 heterocycles. The highest BCUT2D eigenvalue weighted by Gasteiger charge is 2.26. The van der Waals surface area contributed by atoms with Crippen molar-refractivity contribution in [1.29, 1.82) is 0 Å². The molecule has 1 unspecified atom stereocenters. The monoisotopic (exact) mass is 324 g/mol. The van der Waals surface area contributed by atoms with Gasteiger partial charge in [-0.15, -0.1) is 5.10 Å². The minimum atomic E-state index is 0.115. The number of rotatable bonds is 3. The molecule has 1 aliphatic rings. The van der Waals surface area contributed by atoms with Crippen molar-refractivity contribution >= 4 is 12.0 Å². The lowest BCUT2D eigenvalue weighted by Crippen LogP contribution is -2.39. The van der Waals surface area contributed by atoms with E-state index in [4.69, 9.17) is 0 Å². The van der Waals surface area contributed by atoms with Gasteiger partial charge in [0.25, 0.3) is 0 Å². The van der Waals surface area contributed by atoms with Crippen LogP contribution in [-0.2, 0) is 11.8 Å². The first-order valence-electron chi connectivity index (χ1n) is 8.43. The lowest BCUT2D eigenvalue weighted by molar-refractivity contribution is -0.128. The minimum absolute atomic E-state index is 0.115. The number of likely N-dealkylation sites (tertiary alicyclic amines) is 1. The second-order valence-electron chi connectivity index (χ2n) is 6.65. The predicted molar refractivity (Wildman–Crippen MR) is 94.4 cm³/mol. The van der Waals surface area contributed by atoms with E-state index in [-0.39, 0.29) is 11.8 Å². The Morgan fingerprint density at radius 3 is 2.71 bits per heavy atom. The lowest BCUT2D eigenvalue weighted by atomic mass is 9.94. The number of amides is 1. The minimum Gasteiger partial charge on any atom is -0.338 e. The highest BCUT2D eigenvalue weighted by atomic mass is 16.2. The molecule has 5 heteroatoms. The van der Waals surface area contributed by atoms with Gasteiger partial charge in [0, 0.05) is 37.8 Å². The van der Waals surface area contributed by atoms with E-state index in [9.17, 15) is 4.79 Å². The Bertz CT molecular complexity index is 745. The summed E-state index contributed by atoms with van der Waals surface area (Å²) >= 11 is 0. The van der Waals surface area contributed by atoms with Gasteiger partial charge in [0.15, 0.2) is 0 Å². The fourth-order valence-corrected chi connectivity index (χ4v) is 3.18. The fraction of sp³-hybridized carbons (Fsp3) is 0.421. The van der Waals surface area contributed by atoms with Gasteiger partial charge in [-0.05, 0) is 38.3 Å². The zero-order chi connectivity index (χ0) is 17.1. The molecule has 24 heavy (non-hydrogen) atoms. The first-order chi connectivity index (χ1) is 11.5. The van der Waals surface area contributed by atoms with E-state index in [1.807, 2.05) is 43.3 Å². The predicted octanol–water partition coefficient (Wildman–Crippen LogP) is 2.93. The Kier molecular flexibility index (Phi) is 4.79. The second-order valence-corrected chi connectivity index (χ2v) is 6.65. The molecule has 0 saturated carbocycles. The molecule has 0 N–H and O–H groups in total. The van der Waals surface area contributed by atoms with E-state index >= 15 is 0 Å². The Balaban J connectivity index is 1.70. The van der Waals surface area contributed by atoms with Gasteiger partial charge in [0.2, 0.25) is 5.91 Å². The average molecular weight is 324 g/mol. The number of benzene rings is 1. The van der Waals surface area contributed by atoms with Gasteiger partial charge in [-0.1, -0.05) is 35.0 Å². The molecule has 5 nitrogen and oxygen atoms in total. The molecular weight excluding hydrogens is 300 g/mol. The molecule has 1 aromatic heterocycles. The first-order valence-corrected chi connectivity index (χ1v) is 8.43. The normalized spacial score (nSPS) is 18.7. The number of piperidine rings is 1. The summed E-state index contributed by atoms with van der Waals surface area (Å²) < 4.78 is 1.72. The van der Waals surface area contributed by atoms with Gasteiger partial charge in [-0.3, -0.25) is 9.48 Å². The second kappa shape index (κ2) is 6.99. The molecule has 1 fully saturated rings. The van der Waals surface area contributed by atoms with Gasteiger partial charge >= 0.3 is 0 Å². The highest BCUT2D eigenvalue weighted by Crippen LogP contribution is 2.26. The van der Waals surface area contributed by atoms with Crippen LogP contribution in [0.3, 0.4) is 0 Å². The maximum atomic E-state index is 12.8. The average Bonchev–Trinajstić information content (AvgIpc) is 3.03. The molecule has 1 saturated heterocycles. The van der Waals surface area contributed by atoms with E-state index in [0.29, 0.717) is 0 Å². The molecule has 2 aromatic rings. The van der Waals surface area contributed by atoms with Crippen LogP contribution in [0, 0.1) is 6.92 Å². The molecule has 1 atom stereocenters. The number of hydrogen-bond donors (Lipinski definition) is 0. The van der Waals surface area contributed by atoms with Crippen LogP contribution in [0.1, 0.15) is 42.5 Å². The zero-order valence-electron chi connectivity index (χ0n) is 14.6. The summed E-state index contributed by atoms with van der Waals surface area (Å²) in [6.45, 7) is 5.49. The number of carbonyl (C=O) groups is 1. The molecule has 0 spiro atoms. The summed E-state index contributed by atoms with van der Waals surface area (Å²) in [5, 5.41) is 8.23.